The molecule has 4 unspecified atom stereocenters. The molecule has 1 aromatic carbocycles. The number of rotatable bonds is 3. The van der Waals surface area contributed by atoms with Crippen LogP contribution < -0.4 is 21.6 Å². The lowest BCUT2D eigenvalue weighted by Crippen LogP contribution is -2.54. The van der Waals surface area contributed by atoms with Crippen LogP contribution in [0.1, 0.15) is 45.1 Å². The van der Waals surface area contributed by atoms with E-state index in [2.05, 4.69) is 55.5 Å². The molecule has 0 amide bonds. The van der Waals surface area contributed by atoms with Gasteiger partial charge in [0.25, 0.3) is 5.56 Å². The molecule has 3 aliphatic heterocycles. The lowest BCUT2D eigenvalue weighted by Gasteiger charge is -2.42. The van der Waals surface area contributed by atoms with Gasteiger partial charge in [-0.1, -0.05) is 24.9 Å². The summed E-state index contributed by atoms with van der Waals surface area (Å²) in [6.45, 7) is 5.12. The van der Waals surface area contributed by atoms with E-state index in [1.807, 2.05) is 0 Å². The molecular formula is C27H36ClFN10O. The molecule has 0 saturated carbocycles. The van der Waals surface area contributed by atoms with Crippen molar-refractivity contribution in [1.29, 1.82) is 0 Å². The Balaban J connectivity index is 1.35. The normalized spacial score (nSPS) is 29.9. The first-order valence-corrected chi connectivity index (χ1v) is 14.5. The van der Waals surface area contributed by atoms with Gasteiger partial charge >= 0.3 is 0 Å². The minimum Gasteiger partial charge on any atom is -0.312 e. The van der Waals surface area contributed by atoms with Crippen LogP contribution in [0.25, 0.3) is 16.9 Å². The number of nitrogens with one attached hydrogen (secondary N) is 3. The number of benzene rings is 1. The summed E-state index contributed by atoms with van der Waals surface area (Å²) in [5, 5.41) is 21.0. The zero-order valence-corrected chi connectivity index (χ0v) is 23.6. The van der Waals surface area contributed by atoms with Crippen LogP contribution in [0.5, 0.6) is 0 Å². The number of piperidine rings is 1. The summed E-state index contributed by atoms with van der Waals surface area (Å²) in [6.07, 6.45) is 7.93. The Morgan fingerprint density at radius 2 is 1.98 bits per heavy atom. The Morgan fingerprint density at radius 1 is 1.10 bits per heavy atom. The van der Waals surface area contributed by atoms with E-state index in [-0.39, 0.29) is 33.9 Å². The standard InChI is InChI=1S/C27H36ClFN10O/c1-16-4-3-5-22(19-10-17(8-9-30-19)27-21(31-12-16)13-34-37(27)2)38-14-32-20(11-24(38)40)25-23(39-15-33-35-36-39)7-6-18(28)26(25)29/h6-7,11,14-17,19,21-22,27,30-31,34H,3-5,8-10,12-13H2,1-2H3/t16-,17?,19?,21?,22+,27?/m1/s1. The number of likely N-dealkylation sites (N-methyl/N-ethyl adjacent to an activating group) is 1. The summed E-state index contributed by atoms with van der Waals surface area (Å²) in [7, 11) is 2.14. The Bertz CT molecular complexity index is 1380. The molecule has 13 heteroatoms. The molecule has 3 aromatic rings. The van der Waals surface area contributed by atoms with Crippen molar-refractivity contribution in [1.82, 2.24) is 50.8 Å². The van der Waals surface area contributed by atoms with Crippen LogP contribution in [0, 0.1) is 17.7 Å². The third kappa shape index (κ3) is 5.30. The van der Waals surface area contributed by atoms with Crippen molar-refractivity contribution in [2.45, 2.75) is 63.2 Å². The minimum atomic E-state index is -0.673. The molecule has 6 rings (SSSR count). The largest absolute Gasteiger partial charge is 0.312 e. The van der Waals surface area contributed by atoms with E-state index < -0.39 is 5.82 Å². The van der Waals surface area contributed by atoms with Crippen molar-refractivity contribution >= 4 is 11.6 Å². The molecule has 3 aliphatic rings. The monoisotopic (exact) mass is 570 g/mol. The third-order valence-corrected chi connectivity index (χ3v) is 9.18. The van der Waals surface area contributed by atoms with E-state index in [0.29, 0.717) is 29.6 Å². The highest BCUT2D eigenvalue weighted by Crippen LogP contribution is 2.35. The molecule has 40 heavy (non-hydrogen) atoms. The van der Waals surface area contributed by atoms with Gasteiger partial charge in [0.05, 0.1) is 34.3 Å². The number of tetrazole rings is 1. The summed E-state index contributed by atoms with van der Waals surface area (Å²) in [6, 6.07) is 5.32. The summed E-state index contributed by atoms with van der Waals surface area (Å²) in [5.41, 5.74) is 3.94. The summed E-state index contributed by atoms with van der Waals surface area (Å²) in [4.78, 5) is 18.3. The first-order chi connectivity index (χ1) is 19.4. The Hall–Kier alpha value is -2.77. The van der Waals surface area contributed by atoms with Crippen LogP contribution in [-0.4, -0.2) is 79.6 Å². The highest BCUT2D eigenvalue weighted by molar-refractivity contribution is 6.31. The maximum absolute atomic E-state index is 15.3. The predicted octanol–water partition coefficient (Wildman–Crippen LogP) is 2.18. The van der Waals surface area contributed by atoms with Gasteiger partial charge in [0.15, 0.2) is 5.82 Å². The summed E-state index contributed by atoms with van der Waals surface area (Å²) < 4.78 is 18.4. The number of aromatic nitrogens is 6. The van der Waals surface area contributed by atoms with E-state index in [9.17, 15) is 4.79 Å². The van der Waals surface area contributed by atoms with Crippen LogP contribution in [-0.2, 0) is 0 Å². The van der Waals surface area contributed by atoms with E-state index >= 15 is 4.39 Å². The minimum absolute atomic E-state index is 0.0576. The van der Waals surface area contributed by atoms with E-state index in [0.717, 1.165) is 51.7 Å². The van der Waals surface area contributed by atoms with Crippen LogP contribution in [0.4, 0.5) is 4.39 Å². The highest BCUT2D eigenvalue weighted by Gasteiger charge is 2.41. The van der Waals surface area contributed by atoms with E-state index in [4.69, 9.17) is 11.6 Å². The second-order valence-corrected chi connectivity index (χ2v) is 11.9. The van der Waals surface area contributed by atoms with Gasteiger partial charge < -0.3 is 10.6 Å². The lowest BCUT2D eigenvalue weighted by molar-refractivity contribution is 0.108. The first kappa shape index (κ1) is 27.4. The third-order valence-electron chi connectivity index (χ3n) is 8.89. The van der Waals surface area contributed by atoms with Crippen molar-refractivity contribution in [2.75, 3.05) is 26.7 Å². The van der Waals surface area contributed by atoms with Crippen LogP contribution in [0.3, 0.4) is 0 Å². The van der Waals surface area contributed by atoms with Crippen molar-refractivity contribution in [3.05, 3.63) is 52.0 Å². The van der Waals surface area contributed by atoms with Crippen molar-refractivity contribution < 1.29 is 4.39 Å². The summed E-state index contributed by atoms with van der Waals surface area (Å²) in [5.74, 6) is 0.351. The first-order valence-electron chi connectivity index (χ1n) is 14.1. The topological polar surface area (TPSA) is 118 Å². The van der Waals surface area contributed by atoms with Crippen molar-refractivity contribution in [3.8, 4) is 16.9 Å². The van der Waals surface area contributed by atoms with Gasteiger partial charge in [-0.3, -0.25) is 14.8 Å². The van der Waals surface area contributed by atoms with Gasteiger partial charge in [-0.15, -0.1) is 5.10 Å². The molecule has 0 spiro atoms. The predicted molar refractivity (Wildman–Crippen MR) is 150 cm³/mol. The van der Waals surface area contributed by atoms with Gasteiger partial charge in [0.1, 0.15) is 6.33 Å². The molecule has 2 bridgehead atoms. The highest BCUT2D eigenvalue weighted by atomic mass is 35.5. The second-order valence-electron chi connectivity index (χ2n) is 11.5. The molecule has 3 N–H and O–H groups in total. The van der Waals surface area contributed by atoms with Gasteiger partial charge in [0, 0.05) is 37.8 Å². The SMILES string of the molecule is C[C@@H]1CCC[C@H](n2cnc(-c3c(-n4cnnn4)ccc(Cl)c3F)cc2=O)C2CC(CCN2)C2C(CNN2C)NC1. The van der Waals surface area contributed by atoms with Crippen LogP contribution >= 0.6 is 11.6 Å². The Kier molecular flexibility index (Phi) is 7.95. The van der Waals surface area contributed by atoms with Crippen molar-refractivity contribution in [3.63, 3.8) is 0 Å². The Morgan fingerprint density at radius 3 is 2.77 bits per heavy atom. The smallest absolute Gasteiger partial charge is 0.254 e. The zero-order valence-electron chi connectivity index (χ0n) is 22.8. The molecule has 3 fully saturated rings. The fourth-order valence-corrected chi connectivity index (χ4v) is 7.03. The molecule has 2 aromatic heterocycles. The van der Waals surface area contributed by atoms with Crippen molar-refractivity contribution in [2.24, 2.45) is 11.8 Å². The van der Waals surface area contributed by atoms with Gasteiger partial charge in [0.2, 0.25) is 0 Å². The molecule has 5 heterocycles. The molecule has 11 nitrogen and oxygen atoms in total. The zero-order chi connectivity index (χ0) is 27.8. The van der Waals surface area contributed by atoms with Gasteiger partial charge in [-0.05, 0) is 73.2 Å². The van der Waals surface area contributed by atoms with Crippen LogP contribution in [0.15, 0.2) is 35.6 Å². The number of nitrogens with zero attached hydrogens (tertiary/aromatic N) is 7. The van der Waals surface area contributed by atoms with Gasteiger partial charge in [-0.2, -0.15) is 4.68 Å². The average molecular weight is 571 g/mol. The second kappa shape index (κ2) is 11.6. The molecule has 214 valence electrons. The number of halogens is 2. The molecule has 3 saturated heterocycles. The molecule has 6 atom stereocenters. The molecular weight excluding hydrogens is 535 g/mol. The van der Waals surface area contributed by atoms with E-state index in [1.54, 1.807) is 17.0 Å². The fourth-order valence-electron chi connectivity index (χ4n) is 6.87. The van der Waals surface area contributed by atoms with Crippen LogP contribution in [0.2, 0.25) is 5.02 Å². The Labute approximate surface area is 237 Å². The van der Waals surface area contributed by atoms with Gasteiger partial charge in [-0.25, -0.2) is 14.4 Å². The number of hydrogen-bond donors (Lipinski definition) is 3. The number of hydrogen-bond acceptors (Lipinski definition) is 9. The maximum atomic E-state index is 15.3. The molecule has 0 aliphatic carbocycles. The maximum Gasteiger partial charge on any atom is 0.254 e. The molecule has 0 radical (unpaired) electrons. The quantitative estimate of drug-likeness (QED) is 0.435. The number of fused-ring (bicyclic) bond motifs is 4. The number of hydrazine groups is 1. The fraction of sp³-hybridized carbons (Fsp3) is 0.593. The average Bonchev–Trinajstić information content (AvgIpc) is 3.61. The lowest BCUT2D eigenvalue weighted by atomic mass is 9.80. The summed E-state index contributed by atoms with van der Waals surface area (Å²) >= 11 is 6.13. The van der Waals surface area contributed by atoms with E-state index in [1.165, 1.54) is 23.1 Å².